The van der Waals surface area contributed by atoms with Gasteiger partial charge in [-0.25, -0.2) is 0 Å². The summed E-state index contributed by atoms with van der Waals surface area (Å²) in [5, 5.41) is 3.23. The Kier molecular flexibility index (Phi) is 2.89. The Morgan fingerprint density at radius 3 is 2.84 bits per heavy atom. The summed E-state index contributed by atoms with van der Waals surface area (Å²) in [7, 11) is 0. The number of nitrogens with two attached hydrogens (primary N) is 1. The molecule has 0 aliphatic carbocycles. The van der Waals surface area contributed by atoms with Crippen molar-refractivity contribution in [1.29, 1.82) is 0 Å². The number of nitrogens with one attached hydrogen (secondary N) is 1. The quantitative estimate of drug-likeness (QED) is 0.812. The van der Waals surface area contributed by atoms with E-state index in [0.29, 0.717) is 19.4 Å². The number of amides is 2. The average Bonchev–Trinajstić information content (AvgIpc) is 3.04. The maximum Gasteiger partial charge on any atom is 0.246 e. The van der Waals surface area contributed by atoms with Gasteiger partial charge in [-0.2, -0.15) is 0 Å². The highest BCUT2D eigenvalue weighted by molar-refractivity contribution is 5.92. The molecule has 1 fully saturated rings. The maximum atomic E-state index is 12.5. The van der Waals surface area contributed by atoms with Crippen molar-refractivity contribution in [2.24, 2.45) is 5.73 Å². The van der Waals surface area contributed by atoms with Crippen LogP contribution >= 0.6 is 0 Å². The molecule has 19 heavy (non-hydrogen) atoms. The molecule has 0 bridgehead atoms. The van der Waals surface area contributed by atoms with Gasteiger partial charge in [0.05, 0.1) is 0 Å². The number of para-hydroxylation sites is 1. The fourth-order valence-corrected chi connectivity index (χ4v) is 2.97. The van der Waals surface area contributed by atoms with Gasteiger partial charge in [0.25, 0.3) is 0 Å². The SMILES string of the molecule is NC(=O)C1CCCN1C(=O)[C@@H]1Cc2ccccc2N1. The predicted octanol–water partition coefficient (Wildman–Crippen LogP) is 0.499. The van der Waals surface area contributed by atoms with Crippen LogP contribution in [-0.4, -0.2) is 35.3 Å². The number of anilines is 1. The molecule has 0 spiro atoms. The summed E-state index contributed by atoms with van der Waals surface area (Å²) in [6.45, 7) is 0.626. The van der Waals surface area contributed by atoms with Crippen LogP contribution in [-0.2, 0) is 16.0 Å². The minimum Gasteiger partial charge on any atom is -0.373 e. The molecule has 0 aromatic heterocycles. The van der Waals surface area contributed by atoms with Gasteiger partial charge in [-0.1, -0.05) is 18.2 Å². The van der Waals surface area contributed by atoms with E-state index >= 15 is 0 Å². The first kappa shape index (κ1) is 12.0. The third-order valence-corrected chi connectivity index (χ3v) is 3.93. The molecular weight excluding hydrogens is 242 g/mol. The lowest BCUT2D eigenvalue weighted by atomic mass is 10.1. The van der Waals surface area contributed by atoms with Crippen LogP contribution in [0, 0.1) is 0 Å². The van der Waals surface area contributed by atoms with Crippen LogP contribution in [0.4, 0.5) is 5.69 Å². The molecule has 2 atom stereocenters. The molecule has 100 valence electrons. The number of hydrogen-bond acceptors (Lipinski definition) is 3. The molecule has 0 radical (unpaired) electrons. The number of fused-ring (bicyclic) bond motifs is 1. The number of rotatable bonds is 2. The van der Waals surface area contributed by atoms with Crippen molar-refractivity contribution in [2.75, 3.05) is 11.9 Å². The molecule has 5 nitrogen and oxygen atoms in total. The van der Waals surface area contributed by atoms with Gasteiger partial charge in [-0.15, -0.1) is 0 Å². The van der Waals surface area contributed by atoms with E-state index in [-0.39, 0.29) is 11.9 Å². The number of benzene rings is 1. The molecule has 2 aliphatic rings. The molecule has 2 amide bonds. The van der Waals surface area contributed by atoms with Gasteiger partial charge in [-0.3, -0.25) is 9.59 Å². The summed E-state index contributed by atoms with van der Waals surface area (Å²) in [6.07, 6.45) is 2.21. The second-order valence-electron chi connectivity index (χ2n) is 5.15. The molecule has 2 aliphatic heterocycles. The van der Waals surface area contributed by atoms with Crippen molar-refractivity contribution in [1.82, 2.24) is 4.90 Å². The van der Waals surface area contributed by atoms with Gasteiger partial charge in [0.1, 0.15) is 12.1 Å². The number of likely N-dealkylation sites (tertiary alicyclic amines) is 1. The van der Waals surface area contributed by atoms with Gasteiger partial charge in [0.2, 0.25) is 11.8 Å². The zero-order valence-electron chi connectivity index (χ0n) is 10.6. The van der Waals surface area contributed by atoms with Crippen LogP contribution in [0.15, 0.2) is 24.3 Å². The van der Waals surface area contributed by atoms with Crippen LogP contribution < -0.4 is 11.1 Å². The first-order valence-electron chi connectivity index (χ1n) is 6.61. The van der Waals surface area contributed by atoms with Crippen LogP contribution in [0.1, 0.15) is 18.4 Å². The zero-order chi connectivity index (χ0) is 13.4. The van der Waals surface area contributed by atoms with Crippen molar-refractivity contribution in [2.45, 2.75) is 31.3 Å². The average molecular weight is 259 g/mol. The fraction of sp³-hybridized carbons (Fsp3) is 0.429. The molecule has 1 aromatic rings. The molecule has 1 unspecified atom stereocenters. The number of nitrogens with zero attached hydrogens (tertiary/aromatic N) is 1. The van der Waals surface area contributed by atoms with Crippen LogP contribution in [0.3, 0.4) is 0 Å². The minimum absolute atomic E-state index is 0.0162. The summed E-state index contributed by atoms with van der Waals surface area (Å²) in [4.78, 5) is 25.5. The lowest BCUT2D eigenvalue weighted by molar-refractivity contribution is -0.137. The highest BCUT2D eigenvalue weighted by Crippen LogP contribution is 2.28. The maximum absolute atomic E-state index is 12.5. The van der Waals surface area contributed by atoms with E-state index in [9.17, 15) is 9.59 Å². The summed E-state index contributed by atoms with van der Waals surface area (Å²) in [6, 6.07) is 7.20. The molecule has 3 N–H and O–H groups in total. The monoisotopic (exact) mass is 259 g/mol. The second-order valence-corrected chi connectivity index (χ2v) is 5.15. The van der Waals surface area contributed by atoms with E-state index in [1.165, 1.54) is 0 Å². The van der Waals surface area contributed by atoms with Crippen LogP contribution in [0.25, 0.3) is 0 Å². The third-order valence-electron chi connectivity index (χ3n) is 3.93. The Hall–Kier alpha value is -2.04. The van der Waals surface area contributed by atoms with Gasteiger partial charge in [-0.05, 0) is 24.5 Å². The van der Waals surface area contributed by atoms with Crippen molar-refractivity contribution in [3.8, 4) is 0 Å². The highest BCUT2D eigenvalue weighted by atomic mass is 16.2. The zero-order valence-corrected chi connectivity index (χ0v) is 10.6. The highest BCUT2D eigenvalue weighted by Gasteiger charge is 2.37. The van der Waals surface area contributed by atoms with E-state index < -0.39 is 11.9 Å². The first-order chi connectivity index (χ1) is 9.16. The van der Waals surface area contributed by atoms with Crippen molar-refractivity contribution >= 4 is 17.5 Å². The largest absolute Gasteiger partial charge is 0.373 e. The Labute approximate surface area is 111 Å². The van der Waals surface area contributed by atoms with Gasteiger partial charge < -0.3 is 16.0 Å². The van der Waals surface area contributed by atoms with E-state index in [0.717, 1.165) is 17.7 Å². The summed E-state index contributed by atoms with van der Waals surface area (Å²) >= 11 is 0. The minimum atomic E-state index is -0.432. The molecule has 0 saturated carbocycles. The fourth-order valence-electron chi connectivity index (χ4n) is 2.97. The molecular formula is C14H17N3O2. The summed E-state index contributed by atoms with van der Waals surface area (Å²) in [5.41, 5.74) is 7.51. The molecule has 1 aromatic carbocycles. The van der Waals surface area contributed by atoms with Crippen molar-refractivity contribution in [3.05, 3.63) is 29.8 Å². The number of hydrogen-bond donors (Lipinski definition) is 2. The van der Waals surface area contributed by atoms with E-state index in [2.05, 4.69) is 5.32 Å². The molecule has 3 rings (SSSR count). The number of primary amides is 1. The van der Waals surface area contributed by atoms with Gasteiger partial charge in [0.15, 0.2) is 0 Å². The van der Waals surface area contributed by atoms with E-state index in [1.807, 2.05) is 24.3 Å². The number of carbonyl (C=O) groups is 2. The van der Waals surface area contributed by atoms with E-state index in [4.69, 9.17) is 5.73 Å². The predicted molar refractivity (Wildman–Crippen MR) is 71.5 cm³/mol. The summed E-state index contributed by atoms with van der Waals surface area (Å²) < 4.78 is 0. The van der Waals surface area contributed by atoms with E-state index in [1.54, 1.807) is 4.90 Å². The first-order valence-corrected chi connectivity index (χ1v) is 6.61. The molecule has 5 heteroatoms. The molecule has 2 heterocycles. The topological polar surface area (TPSA) is 75.4 Å². The smallest absolute Gasteiger partial charge is 0.246 e. The van der Waals surface area contributed by atoms with Crippen LogP contribution in [0.5, 0.6) is 0 Å². The molecule has 1 saturated heterocycles. The Morgan fingerprint density at radius 2 is 2.11 bits per heavy atom. The van der Waals surface area contributed by atoms with Gasteiger partial charge in [0, 0.05) is 18.7 Å². The summed E-state index contributed by atoms with van der Waals surface area (Å²) in [5.74, 6) is -0.418. The normalized spacial score (nSPS) is 24.9. The van der Waals surface area contributed by atoms with Crippen molar-refractivity contribution < 1.29 is 9.59 Å². The number of carbonyl (C=O) groups excluding carboxylic acids is 2. The van der Waals surface area contributed by atoms with Crippen LogP contribution in [0.2, 0.25) is 0 Å². The third kappa shape index (κ3) is 2.05. The Balaban J connectivity index is 1.74. The van der Waals surface area contributed by atoms with Gasteiger partial charge >= 0.3 is 0 Å². The lowest BCUT2D eigenvalue weighted by Crippen LogP contribution is -2.49. The second kappa shape index (κ2) is 4.57. The van der Waals surface area contributed by atoms with Crippen molar-refractivity contribution in [3.63, 3.8) is 0 Å². The standard InChI is InChI=1S/C14H17N3O2/c15-13(18)12-6-3-7-17(12)14(19)11-8-9-4-1-2-5-10(9)16-11/h1-2,4-5,11-12,16H,3,6-8H2,(H2,15,18)/t11-,12?/m0/s1. The Bertz CT molecular complexity index is 504. The lowest BCUT2D eigenvalue weighted by Gasteiger charge is -2.25. The Morgan fingerprint density at radius 1 is 1.32 bits per heavy atom.